The molecule has 0 bridgehead atoms. The molecule has 0 saturated carbocycles. The molecule has 1 aromatic carbocycles. The number of benzene rings is 1. The van der Waals surface area contributed by atoms with Crippen LogP contribution in [0.4, 0.5) is 5.69 Å². The Kier molecular flexibility index (Phi) is 1.94. The zero-order valence-corrected chi connectivity index (χ0v) is 8.58. The second-order valence-electron chi connectivity index (χ2n) is 2.34. The van der Waals surface area contributed by atoms with Gasteiger partial charge in [-0.25, -0.2) is 0 Å². The third-order valence-electron chi connectivity index (χ3n) is 1.71. The van der Waals surface area contributed by atoms with E-state index < -0.39 is 19.8 Å². The van der Waals surface area contributed by atoms with Crippen LogP contribution in [0.3, 0.4) is 0 Å². The normalized spacial score (nSPS) is 17.0. The molecule has 2 rings (SSSR count). The van der Waals surface area contributed by atoms with Crippen LogP contribution in [0, 0.1) is 3.57 Å². The van der Waals surface area contributed by atoms with Gasteiger partial charge in [0, 0.05) is 0 Å². The molecule has 58 valence electrons. The Morgan fingerprint density at radius 1 is 1.36 bits per heavy atom. The van der Waals surface area contributed by atoms with Gasteiger partial charge in [-0.05, 0) is 0 Å². The predicted molar refractivity (Wildman–Crippen MR) is 57.9 cm³/mol. The van der Waals surface area contributed by atoms with Crippen molar-refractivity contribution in [3.8, 4) is 0 Å². The van der Waals surface area contributed by atoms with Gasteiger partial charge >= 0.3 is 73.9 Å². The van der Waals surface area contributed by atoms with E-state index in [0.29, 0.717) is 0 Å². The molecule has 0 fully saturated rings. The van der Waals surface area contributed by atoms with Gasteiger partial charge in [-0.15, -0.1) is 0 Å². The summed E-state index contributed by atoms with van der Waals surface area (Å²) in [5.74, 6) is 0. The molecule has 0 saturated heterocycles. The monoisotopic (exact) mass is 259 g/mol. The van der Waals surface area contributed by atoms with E-state index in [1.807, 2.05) is 0 Å². The van der Waals surface area contributed by atoms with Gasteiger partial charge in [0.15, 0.2) is 0 Å². The molecular weight excluding hydrogens is 249 g/mol. The van der Waals surface area contributed by atoms with Crippen LogP contribution in [0.5, 0.6) is 0 Å². The van der Waals surface area contributed by atoms with Crippen molar-refractivity contribution < 1.29 is 0 Å². The predicted octanol–water partition coefficient (Wildman–Crippen LogP) is 3.06. The minimum absolute atomic E-state index is 0.917. The Hall–Kier alpha value is -0.380. The van der Waals surface area contributed by atoms with E-state index in [2.05, 4.69) is 40.4 Å². The Labute approximate surface area is 73.9 Å². The van der Waals surface area contributed by atoms with Gasteiger partial charge in [0.05, 0.1) is 0 Å². The molecule has 0 atom stereocenters. The van der Waals surface area contributed by atoms with Gasteiger partial charge in [-0.3, -0.25) is 0 Å². The molecule has 1 aromatic rings. The first-order valence-electron chi connectivity index (χ1n) is 3.69. The van der Waals surface area contributed by atoms with Crippen molar-refractivity contribution in [1.29, 1.82) is 0 Å². The zero-order chi connectivity index (χ0) is 7.68. The maximum atomic E-state index is 4.40. The van der Waals surface area contributed by atoms with E-state index in [1.165, 1.54) is 10.1 Å². The topological polar surface area (TPSA) is 12.4 Å². The number of rotatable bonds is 1. The first kappa shape index (κ1) is 7.28. The molecule has 0 unspecified atom stereocenters. The van der Waals surface area contributed by atoms with Crippen LogP contribution in [-0.4, -0.2) is 8.65 Å². The SMILES string of the molecule is CCI1C=Nc2ccccc21. The van der Waals surface area contributed by atoms with Crippen molar-refractivity contribution >= 4 is 29.7 Å². The van der Waals surface area contributed by atoms with Crippen LogP contribution in [-0.2, 0) is 0 Å². The van der Waals surface area contributed by atoms with Gasteiger partial charge in [0.2, 0.25) is 0 Å². The van der Waals surface area contributed by atoms with Crippen LogP contribution >= 0.6 is 19.8 Å². The summed E-state index contributed by atoms with van der Waals surface area (Å²) in [7, 11) is 0. The third-order valence-corrected chi connectivity index (χ3v) is 6.71. The molecule has 2 heteroatoms. The van der Waals surface area contributed by atoms with E-state index in [0.717, 1.165) is 0 Å². The van der Waals surface area contributed by atoms with E-state index >= 15 is 0 Å². The van der Waals surface area contributed by atoms with Gasteiger partial charge in [-0.1, -0.05) is 0 Å². The molecule has 1 aliphatic rings. The second-order valence-corrected chi connectivity index (χ2v) is 7.85. The Bertz CT molecular complexity index is 293. The van der Waals surface area contributed by atoms with Crippen LogP contribution in [0.2, 0.25) is 0 Å². The average molecular weight is 259 g/mol. The van der Waals surface area contributed by atoms with E-state index in [-0.39, 0.29) is 0 Å². The average Bonchev–Trinajstić information content (AvgIpc) is 2.47. The number of hydrogen-bond donors (Lipinski definition) is 0. The Morgan fingerprint density at radius 3 is 3.00 bits per heavy atom. The minimum atomic E-state index is -0.917. The van der Waals surface area contributed by atoms with Crippen LogP contribution in [0.25, 0.3) is 0 Å². The number of fused-ring (bicyclic) bond motifs is 1. The van der Waals surface area contributed by atoms with Crippen LogP contribution in [0.1, 0.15) is 6.92 Å². The van der Waals surface area contributed by atoms with E-state index in [4.69, 9.17) is 0 Å². The zero-order valence-electron chi connectivity index (χ0n) is 6.42. The Morgan fingerprint density at radius 2 is 2.18 bits per heavy atom. The number of para-hydroxylation sites is 1. The van der Waals surface area contributed by atoms with Gasteiger partial charge < -0.3 is 0 Å². The summed E-state index contributed by atoms with van der Waals surface area (Å²) in [6.07, 6.45) is 0. The summed E-state index contributed by atoms with van der Waals surface area (Å²) < 4.78 is 5.05. The number of alkyl halides is 1. The standard InChI is InChI=1S/C9H10IN/c1-2-10-7-11-9-6-4-3-5-8(9)10/h3-7H,2H2,1H3. The van der Waals surface area contributed by atoms with E-state index in [1.54, 1.807) is 3.57 Å². The Balaban J connectivity index is 2.46. The van der Waals surface area contributed by atoms with Gasteiger partial charge in [0.25, 0.3) is 0 Å². The first-order valence-corrected chi connectivity index (χ1v) is 7.54. The molecule has 0 amide bonds. The van der Waals surface area contributed by atoms with Crippen molar-refractivity contribution in [2.75, 3.05) is 4.43 Å². The molecule has 1 heterocycles. The fraction of sp³-hybridized carbons (Fsp3) is 0.222. The molecule has 0 spiro atoms. The van der Waals surface area contributed by atoms with Crippen LogP contribution < -0.4 is 0 Å². The number of halogens is 1. The maximum absolute atomic E-state index is 4.40. The van der Waals surface area contributed by atoms with Gasteiger partial charge in [-0.2, -0.15) is 0 Å². The fourth-order valence-corrected chi connectivity index (χ4v) is 4.99. The summed E-state index contributed by atoms with van der Waals surface area (Å²) in [4.78, 5) is 4.40. The summed E-state index contributed by atoms with van der Waals surface area (Å²) in [5, 5.41) is 0. The quantitative estimate of drug-likeness (QED) is 0.543. The van der Waals surface area contributed by atoms with Gasteiger partial charge in [0.1, 0.15) is 0 Å². The van der Waals surface area contributed by atoms with Crippen molar-refractivity contribution in [2.45, 2.75) is 6.92 Å². The number of aliphatic imine (C=N–C) groups is 1. The van der Waals surface area contributed by atoms with Crippen molar-refractivity contribution in [2.24, 2.45) is 4.99 Å². The summed E-state index contributed by atoms with van der Waals surface area (Å²) in [5.41, 5.74) is 1.22. The summed E-state index contributed by atoms with van der Waals surface area (Å²) >= 11 is -0.917. The van der Waals surface area contributed by atoms with Crippen LogP contribution in [0.15, 0.2) is 29.3 Å². The fourth-order valence-electron chi connectivity index (χ4n) is 1.14. The summed E-state index contributed by atoms with van der Waals surface area (Å²) in [6.45, 7) is 2.26. The van der Waals surface area contributed by atoms with E-state index in [9.17, 15) is 0 Å². The second kappa shape index (κ2) is 2.93. The number of hydrogen-bond acceptors (Lipinski definition) is 1. The molecule has 0 aromatic heterocycles. The van der Waals surface area contributed by atoms with Crippen molar-refractivity contribution in [3.05, 3.63) is 27.8 Å². The molecule has 0 radical (unpaired) electrons. The molecule has 0 N–H and O–H groups in total. The molecule has 1 nitrogen and oxygen atoms in total. The molecule has 11 heavy (non-hydrogen) atoms. The summed E-state index contributed by atoms with van der Waals surface area (Å²) in [6, 6.07) is 8.52. The molecular formula is C9H10IN. The third kappa shape index (κ3) is 1.20. The van der Waals surface area contributed by atoms with Crippen molar-refractivity contribution in [1.82, 2.24) is 0 Å². The molecule has 0 aliphatic carbocycles. The van der Waals surface area contributed by atoms with Crippen molar-refractivity contribution in [3.63, 3.8) is 0 Å². The number of nitrogens with zero attached hydrogens (tertiary/aromatic N) is 1. The molecule has 1 aliphatic heterocycles. The first-order chi connectivity index (χ1) is 5.42.